The van der Waals surface area contributed by atoms with Crippen molar-refractivity contribution < 1.29 is 9.53 Å². The van der Waals surface area contributed by atoms with Gasteiger partial charge in [0, 0.05) is 23.2 Å². The highest BCUT2D eigenvalue weighted by Gasteiger charge is 2.52. The van der Waals surface area contributed by atoms with Crippen LogP contribution in [0, 0.1) is 17.2 Å². The van der Waals surface area contributed by atoms with E-state index in [-0.39, 0.29) is 12.0 Å². The summed E-state index contributed by atoms with van der Waals surface area (Å²) in [6, 6.07) is 13.8. The molecule has 4 nitrogen and oxygen atoms in total. The molecule has 1 saturated carbocycles. The van der Waals surface area contributed by atoms with E-state index >= 15 is 0 Å². The van der Waals surface area contributed by atoms with E-state index in [4.69, 9.17) is 4.74 Å². The number of fused-ring (bicyclic) bond motifs is 3. The monoisotopic (exact) mass is 416 g/mol. The number of benzene rings is 2. The van der Waals surface area contributed by atoms with Crippen molar-refractivity contribution in [2.75, 3.05) is 0 Å². The van der Waals surface area contributed by atoms with Crippen LogP contribution < -0.4 is 4.74 Å². The summed E-state index contributed by atoms with van der Waals surface area (Å²) < 4.78 is 5.71. The maximum Gasteiger partial charge on any atom is 0.166 e. The molecule has 2 aliphatic carbocycles. The third kappa shape index (κ3) is 3.42. The smallest absolute Gasteiger partial charge is 0.166 e. The Morgan fingerprint density at radius 2 is 1.93 bits per heavy atom. The highest BCUT2D eigenvalue weighted by atomic mass is 32.1. The minimum atomic E-state index is 0.0125. The van der Waals surface area contributed by atoms with E-state index in [0.29, 0.717) is 23.0 Å². The second kappa shape index (κ2) is 8.04. The van der Waals surface area contributed by atoms with E-state index in [1.807, 2.05) is 64.2 Å². The van der Waals surface area contributed by atoms with Crippen LogP contribution in [0.4, 0.5) is 0 Å². The molecule has 1 heterocycles. The number of hydrogen-bond donors (Lipinski definition) is 0. The fraction of sp³-hybridized carbons (Fsp3) is 0.320. The van der Waals surface area contributed by atoms with Crippen molar-refractivity contribution in [2.24, 2.45) is 5.92 Å². The Bertz CT molecular complexity index is 1160. The number of ketones is 1. The van der Waals surface area contributed by atoms with Gasteiger partial charge in [-0.05, 0) is 55.5 Å². The van der Waals surface area contributed by atoms with Gasteiger partial charge in [0.2, 0.25) is 0 Å². The molecule has 5 heteroatoms. The molecule has 152 valence electrons. The second-order valence-electron chi connectivity index (χ2n) is 7.60. The third-order valence-electron chi connectivity index (χ3n) is 5.35. The van der Waals surface area contributed by atoms with E-state index in [1.54, 1.807) is 11.3 Å². The molecule has 2 atom stereocenters. The zero-order valence-electron chi connectivity index (χ0n) is 17.6. The first kappa shape index (κ1) is 20.3. The Balaban J connectivity index is 0.00000106. The predicted octanol–water partition coefficient (Wildman–Crippen LogP) is 6.46. The predicted molar refractivity (Wildman–Crippen MR) is 120 cm³/mol. The minimum Gasteiger partial charge on any atom is -0.490 e. The number of thiazole rings is 1. The van der Waals surface area contributed by atoms with E-state index in [1.165, 1.54) is 5.56 Å². The van der Waals surface area contributed by atoms with Crippen molar-refractivity contribution in [3.05, 3.63) is 59.3 Å². The quantitative estimate of drug-likeness (QED) is 0.489. The summed E-state index contributed by atoms with van der Waals surface area (Å²) in [6.07, 6.45) is 2.87. The molecule has 1 aromatic heterocycles. The van der Waals surface area contributed by atoms with Gasteiger partial charge >= 0.3 is 0 Å². The number of nitriles is 1. The number of Topliss-reactive ketones (excluding diaryl/α,β-unsaturated/α-hetero) is 1. The summed E-state index contributed by atoms with van der Waals surface area (Å²) in [5.74, 6) is 1.49. The molecule has 0 aliphatic heterocycles. The fourth-order valence-corrected chi connectivity index (χ4v) is 4.99. The van der Waals surface area contributed by atoms with E-state index in [9.17, 15) is 10.1 Å². The maximum absolute atomic E-state index is 12.4. The molecule has 5 rings (SSSR count). The molecule has 2 aromatic carbocycles. The number of ether oxygens (including phenoxy) is 1. The molecule has 0 spiro atoms. The normalized spacial score (nSPS) is 18.2. The Kier molecular flexibility index (Phi) is 5.44. The van der Waals surface area contributed by atoms with E-state index < -0.39 is 0 Å². The molecular formula is C25H24N2O2S. The maximum atomic E-state index is 12.4. The number of aromatic nitrogens is 1. The highest BCUT2D eigenvalue weighted by molar-refractivity contribution is 7.18. The van der Waals surface area contributed by atoms with E-state index in [2.05, 4.69) is 17.1 Å². The Morgan fingerprint density at radius 1 is 1.17 bits per heavy atom. The number of carbonyl (C=O) groups is 1. The molecule has 0 N–H and O–H groups in total. The number of rotatable bonds is 4. The van der Waals surface area contributed by atoms with Crippen LogP contribution in [0.2, 0.25) is 0 Å². The van der Waals surface area contributed by atoms with Crippen molar-refractivity contribution in [1.82, 2.24) is 4.98 Å². The van der Waals surface area contributed by atoms with Crippen molar-refractivity contribution in [3.63, 3.8) is 0 Å². The van der Waals surface area contributed by atoms with Crippen LogP contribution in [0.25, 0.3) is 21.0 Å². The average Bonchev–Trinajstić information content (AvgIpc) is 3.31. The van der Waals surface area contributed by atoms with Crippen molar-refractivity contribution in [2.45, 2.75) is 46.1 Å². The van der Waals surface area contributed by atoms with Crippen LogP contribution >= 0.6 is 11.3 Å². The molecule has 0 bridgehead atoms. The lowest BCUT2D eigenvalue weighted by atomic mass is 9.98. The van der Waals surface area contributed by atoms with Gasteiger partial charge in [0.05, 0.1) is 16.5 Å². The van der Waals surface area contributed by atoms with Gasteiger partial charge in [-0.1, -0.05) is 32.0 Å². The van der Waals surface area contributed by atoms with Crippen LogP contribution in [-0.4, -0.2) is 16.9 Å². The SMILES string of the molecule is CC.CC(C)Oc1ccc(-c2ncc(-c3cccc4c3C3CC3C4=O)s2)cc1C#N. The van der Waals surface area contributed by atoms with Gasteiger partial charge < -0.3 is 4.74 Å². The molecule has 2 aliphatic rings. The average molecular weight is 417 g/mol. The Morgan fingerprint density at radius 3 is 2.67 bits per heavy atom. The van der Waals surface area contributed by atoms with Crippen LogP contribution in [0.15, 0.2) is 42.6 Å². The first-order valence-electron chi connectivity index (χ1n) is 10.4. The van der Waals surface area contributed by atoms with Gasteiger partial charge in [0.1, 0.15) is 16.8 Å². The van der Waals surface area contributed by atoms with Gasteiger partial charge in [-0.15, -0.1) is 11.3 Å². The first-order chi connectivity index (χ1) is 14.6. The highest BCUT2D eigenvalue weighted by Crippen LogP contribution is 2.58. The van der Waals surface area contributed by atoms with E-state index in [0.717, 1.165) is 33.0 Å². The molecule has 3 aromatic rings. The number of carbonyl (C=O) groups excluding carboxylic acids is 1. The van der Waals surface area contributed by atoms with Crippen LogP contribution in [-0.2, 0) is 0 Å². The number of hydrogen-bond acceptors (Lipinski definition) is 5. The Labute approximate surface area is 181 Å². The lowest BCUT2D eigenvalue weighted by Gasteiger charge is -2.11. The van der Waals surface area contributed by atoms with Crippen LogP contribution in [0.5, 0.6) is 5.75 Å². The van der Waals surface area contributed by atoms with Gasteiger partial charge in [0.25, 0.3) is 0 Å². The zero-order chi connectivity index (χ0) is 21.4. The summed E-state index contributed by atoms with van der Waals surface area (Å²) in [5.41, 5.74) is 4.62. The van der Waals surface area contributed by atoms with Gasteiger partial charge in [-0.3, -0.25) is 4.79 Å². The van der Waals surface area contributed by atoms with Gasteiger partial charge in [-0.25, -0.2) is 4.98 Å². The topological polar surface area (TPSA) is 63.0 Å². The Hall–Kier alpha value is -2.97. The van der Waals surface area contributed by atoms with Crippen molar-refractivity contribution >= 4 is 17.1 Å². The van der Waals surface area contributed by atoms with Gasteiger partial charge in [-0.2, -0.15) is 5.26 Å². The van der Waals surface area contributed by atoms with Crippen molar-refractivity contribution in [3.8, 4) is 32.8 Å². The molecule has 1 fully saturated rings. The van der Waals surface area contributed by atoms with Crippen molar-refractivity contribution in [1.29, 1.82) is 5.26 Å². The molecule has 0 saturated heterocycles. The zero-order valence-corrected chi connectivity index (χ0v) is 18.4. The molecule has 0 radical (unpaired) electrons. The second-order valence-corrected chi connectivity index (χ2v) is 8.63. The third-order valence-corrected chi connectivity index (χ3v) is 6.43. The number of nitrogens with zero attached hydrogens (tertiary/aromatic N) is 2. The largest absolute Gasteiger partial charge is 0.490 e. The summed E-state index contributed by atoms with van der Waals surface area (Å²) in [5, 5.41) is 10.3. The fourth-order valence-electron chi connectivity index (χ4n) is 4.04. The minimum absolute atomic E-state index is 0.0125. The molecular weight excluding hydrogens is 392 g/mol. The summed E-state index contributed by atoms with van der Waals surface area (Å²) in [7, 11) is 0. The molecule has 2 unspecified atom stereocenters. The lowest BCUT2D eigenvalue weighted by molar-refractivity contribution is 0.0974. The molecule has 0 amide bonds. The van der Waals surface area contributed by atoms with Crippen LogP contribution in [0.3, 0.4) is 0 Å². The lowest BCUT2D eigenvalue weighted by Crippen LogP contribution is -2.06. The van der Waals surface area contributed by atoms with Gasteiger partial charge in [0.15, 0.2) is 5.78 Å². The summed E-state index contributed by atoms with van der Waals surface area (Å²) in [4.78, 5) is 18.0. The summed E-state index contributed by atoms with van der Waals surface area (Å²) >= 11 is 1.59. The molecule has 30 heavy (non-hydrogen) atoms. The van der Waals surface area contributed by atoms with Crippen LogP contribution in [0.1, 0.15) is 61.5 Å². The summed E-state index contributed by atoms with van der Waals surface area (Å²) in [6.45, 7) is 7.88. The standard InChI is InChI=1S/C23H18N2O2S.C2H6/c1-12(2)27-19-7-6-13(8-14(19)10-24)23-25-11-20(28-23)15-4-3-5-16-21(15)17-9-18(17)22(16)26;1-2/h3-8,11-12,17-18H,9H2,1-2H3;1-2H3. The first-order valence-corrected chi connectivity index (χ1v) is 11.2.